The van der Waals surface area contributed by atoms with E-state index in [1.165, 1.54) is 11.3 Å². The van der Waals surface area contributed by atoms with Crippen molar-refractivity contribution >= 4 is 5.69 Å². The van der Waals surface area contributed by atoms with Gasteiger partial charge in [-0.25, -0.2) is 0 Å². The number of phenols is 1. The molecule has 122 valence electrons. The Morgan fingerprint density at radius 2 is 1.29 bits per heavy atom. The van der Waals surface area contributed by atoms with Crippen molar-refractivity contribution in [2.24, 2.45) is 0 Å². The molecule has 3 aromatic rings. The Morgan fingerprint density at radius 3 is 1.83 bits per heavy atom. The van der Waals surface area contributed by atoms with E-state index < -0.39 is 0 Å². The zero-order valence-electron chi connectivity index (χ0n) is 13.7. The molecule has 3 nitrogen and oxygen atoms in total. The minimum atomic E-state index is 0.292. The quantitative estimate of drug-likeness (QED) is 0.720. The molecule has 0 aliphatic carbocycles. The first-order chi connectivity index (χ1) is 11.7. The van der Waals surface area contributed by atoms with Crippen molar-refractivity contribution in [2.75, 3.05) is 12.0 Å². The maximum Gasteiger partial charge on any atom is 0.118 e. The van der Waals surface area contributed by atoms with Crippen molar-refractivity contribution in [3.63, 3.8) is 0 Å². The van der Waals surface area contributed by atoms with Crippen LogP contribution in [0.5, 0.6) is 11.5 Å². The Kier molecular flexibility index (Phi) is 5.02. The minimum Gasteiger partial charge on any atom is -0.508 e. The molecule has 1 N–H and O–H groups in total. The molecule has 0 aliphatic heterocycles. The minimum absolute atomic E-state index is 0.292. The fourth-order valence-corrected chi connectivity index (χ4v) is 2.65. The molecule has 3 aromatic carbocycles. The topological polar surface area (TPSA) is 32.7 Å². The highest BCUT2D eigenvalue weighted by Gasteiger charge is 2.09. The van der Waals surface area contributed by atoms with Gasteiger partial charge in [0.15, 0.2) is 0 Å². The van der Waals surface area contributed by atoms with Crippen LogP contribution in [0.1, 0.15) is 11.1 Å². The summed E-state index contributed by atoms with van der Waals surface area (Å²) in [6.45, 7) is 1.57. The molecular formula is C21H21NO2. The molecule has 0 bridgehead atoms. The molecule has 24 heavy (non-hydrogen) atoms. The van der Waals surface area contributed by atoms with E-state index in [0.29, 0.717) is 5.75 Å². The standard InChI is InChI=1S/C21H21NO2/c1-24-21-13-9-18(10-14-21)16-22(19-5-3-2-4-6-19)15-17-7-11-20(23)12-8-17/h2-14,23H,15-16H2,1H3. The molecule has 0 fully saturated rings. The van der Waals surface area contributed by atoms with E-state index in [1.807, 2.05) is 42.5 Å². The maximum absolute atomic E-state index is 9.47. The third-order valence-electron chi connectivity index (χ3n) is 3.96. The summed E-state index contributed by atoms with van der Waals surface area (Å²) in [6.07, 6.45) is 0. The molecule has 3 rings (SSSR count). The Balaban J connectivity index is 1.82. The summed E-state index contributed by atoms with van der Waals surface area (Å²) in [4.78, 5) is 2.31. The summed E-state index contributed by atoms with van der Waals surface area (Å²) in [5.41, 5.74) is 3.55. The lowest BCUT2D eigenvalue weighted by molar-refractivity contribution is 0.414. The number of aromatic hydroxyl groups is 1. The number of anilines is 1. The SMILES string of the molecule is COc1ccc(CN(Cc2ccc(O)cc2)c2ccccc2)cc1. The van der Waals surface area contributed by atoms with Crippen LogP contribution in [0.15, 0.2) is 78.9 Å². The number of nitrogens with zero attached hydrogens (tertiary/aromatic N) is 1. The normalized spacial score (nSPS) is 10.4. The molecule has 0 heterocycles. The van der Waals surface area contributed by atoms with Crippen molar-refractivity contribution < 1.29 is 9.84 Å². The lowest BCUT2D eigenvalue weighted by Crippen LogP contribution is -2.21. The van der Waals surface area contributed by atoms with E-state index in [9.17, 15) is 5.11 Å². The Labute approximate surface area is 142 Å². The van der Waals surface area contributed by atoms with Crippen LogP contribution in [0.4, 0.5) is 5.69 Å². The number of benzene rings is 3. The van der Waals surface area contributed by atoms with Gasteiger partial charge in [-0.1, -0.05) is 42.5 Å². The van der Waals surface area contributed by atoms with E-state index in [1.54, 1.807) is 19.2 Å². The van der Waals surface area contributed by atoms with Gasteiger partial charge in [0.25, 0.3) is 0 Å². The first-order valence-electron chi connectivity index (χ1n) is 7.95. The average Bonchev–Trinajstić information content (AvgIpc) is 2.64. The second kappa shape index (κ2) is 7.55. The fourth-order valence-electron chi connectivity index (χ4n) is 2.65. The molecular weight excluding hydrogens is 298 g/mol. The molecule has 0 amide bonds. The Bertz CT molecular complexity index is 752. The predicted molar refractivity (Wildman–Crippen MR) is 97.4 cm³/mol. The summed E-state index contributed by atoms with van der Waals surface area (Å²) < 4.78 is 5.23. The Hall–Kier alpha value is -2.94. The van der Waals surface area contributed by atoms with Gasteiger partial charge < -0.3 is 14.7 Å². The number of rotatable bonds is 6. The van der Waals surface area contributed by atoms with Crippen LogP contribution in [0.3, 0.4) is 0 Å². The summed E-state index contributed by atoms with van der Waals surface area (Å²) in [5, 5.41) is 9.47. The van der Waals surface area contributed by atoms with Gasteiger partial charge >= 0.3 is 0 Å². The number of ether oxygens (including phenoxy) is 1. The van der Waals surface area contributed by atoms with Crippen molar-refractivity contribution in [3.8, 4) is 11.5 Å². The highest BCUT2D eigenvalue weighted by molar-refractivity contribution is 5.48. The van der Waals surface area contributed by atoms with Crippen molar-refractivity contribution in [3.05, 3.63) is 90.0 Å². The zero-order valence-corrected chi connectivity index (χ0v) is 13.7. The van der Waals surface area contributed by atoms with Crippen LogP contribution in [0, 0.1) is 0 Å². The number of para-hydroxylation sites is 1. The highest BCUT2D eigenvalue weighted by Crippen LogP contribution is 2.22. The third-order valence-corrected chi connectivity index (χ3v) is 3.96. The maximum atomic E-state index is 9.47. The van der Waals surface area contributed by atoms with Gasteiger partial charge in [0.05, 0.1) is 7.11 Å². The van der Waals surface area contributed by atoms with E-state index in [2.05, 4.69) is 29.2 Å². The van der Waals surface area contributed by atoms with E-state index in [0.717, 1.165) is 24.4 Å². The fraction of sp³-hybridized carbons (Fsp3) is 0.143. The number of hydrogen-bond donors (Lipinski definition) is 1. The molecule has 0 spiro atoms. The molecule has 0 aromatic heterocycles. The molecule has 0 atom stereocenters. The van der Waals surface area contributed by atoms with Crippen LogP contribution in [-0.4, -0.2) is 12.2 Å². The molecule has 3 heteroatoms. The van der Waals surface area contributed by atoms with Crippen LogP contribution < -0.4 is 9.64 Å². The number of hydrogen-bond acceptors (Lipinski definition) is 3. The smallest absolute Gasteiger partial charge is 0.118 e. The lowest BCUT2D eigenvalue weighted by atomic mass is 10.1. The second-order valence-corrected chi connectivity index (χ2v) is 5.71. The number of phenolic OH excluding ortho intramolecular Hbond substituents is 1. The third kappa shape index (κ3) is 4.07. The summed E-state index contributed by atoms with van der Waals surface area (Å²) in [6, 6.07) is 25.9. The molecule has 0 saturated heterocycles. The first-order valence-corrected chi connectivity index (χ1v) is 7.95. The van der Waals surface area contributed by atoms with E-state index in [4.69, 9.17) is 4.74 Å². The average molecular weight is 319 g/mol. The van der Waals surface area contributed by atoms with Gasteiger partial charge in [0, 0.05) is 18.8 Å². The largest absolute Gasteiger partial charge is 0.508 e. The van der Waals surface area contributed by atoms with Gasteiger partial charge in [-0.15, -0.1) is 0 Å². The summed E-state index contributed by atoms with van der Waals surface area (Å²) in [5.74, 6) is 1.16. The van der Waals surface area contributed by atoms with Crippen molar-refractivity contribution in [2.45, 2.75) is 13.1 Å². The highest BCUT2D eigenvalue weighted by atomic mass is 16.5. The van der Waals surface area contributed by atoms with Gasteiger partial charge in [-0.05, 0) is 47.5 Å². The molecule has 0 aliphatic rings. The molecule has 0 radical (unpaired) electrons. The van der Waals surface area contributed by atoms with Gasteiger partial charge in [-0.2, -0.15) is 0 Å². The molecule has 0 unspecified atom stereocenters. The predicted octanol–water partition coefficient (Wildman–Crippen LogP) is 4.61. The summed E-state index contributed by atoms with van der Waals surface area (Å²) in [7, 11) is 1.68. The van der Waals surface area contributed by atoms with Crippen molar-refractivity contribution in [1.82, 2.24) is 0 Å². The zero-order chi connectivity index (χ0) is 16.8. The van der Waals surface area contributed by atoms with Gasteiger partial charge in [0.1, 0.15) is 11.5 Å². The van der Waals surface area contributed by atoms with Crippen LogP contribution in [0.25, 0.3) is 0 Å². The van der Waals surface area contributed by atoms with E-state index >= 15 is 0 Å². The number of methoxy groups -OCH3 is 1. The van der Waals surface area contributed by atoms with Crippen LogP contribution >= 0.6 is 0 Å². The first kappa shape index (κ1) is 15.9. The lowest BCUT2D eigenvalue weighted by Gasteiger charge is -2.25. The van der Waals surface area contributed by atoms with Gasteiger partial charge in [-0.3, -0.25) is 0 Å². The van der Waals surface area contributed by atoms with Crippen molar-refractivity contribution in [1.29, 1.82) is 0 Å². The Morgan fingerprint density at radius 1 is 0.750 bits per heavy atom. The van der Waals surface area contributed by atoms with Crippen LogP contribution in [-0.2, 0) is 13.1 Å². The van der Waals surface area contributed by atoms with Crippen LogP contribution in [0.2, 0.25) is 0 Å². The summed E-state index contributed by atoms with van der Waals surface area (Å²) >= 11 is 0. The van der Waals surface area contributed by atoms with Gasteiger partial charge in [0.2, 0.25) is 0 Å². The van der Waals surface area contributed by atoms with E-state index in [-0.39, 0.29) is 0 Å². The second-order valence-electron chi connectivity index (χ2n) is 5.71. The monoisotopic (exact) mass is 319 g/mol. The molecule has 0 saturated carbocycles.